The summed E-state index contributed by atoms with van der Waals surface area (Å²) >= 11 is 0. The second kappa shape index (κ2) is 7.90. The van der Waals surface area contributed by atoms with Gasteiger partial charge in [-0.3, -0.25) is 4.79 Å². The fraction of sp³-hybridized carbons (Fsp3) is 0.350. The highest BCUT2D eigenvalue weighted by molar-refractivity contribution is 5.83. The number of amides is 1. The smallest absolute Gasteiger partial charge is 0.416 e. The Labute approximate surface area is 155 Å². The molecule has 1 aliphatic carbocycles. The second-order valence-corrected chi connectivity index (χ2v) is 6.35. The number of alkyl halides is 3. The monoisotopic (exact) mass is 379 g/mol. The van der Waals surface area contributed by atoms with Crippen LogP contribution in [0.4, 0.5) is 13.2 Å². The maximum atomic E-state index is 13.1. The number of halogens is 3. The van der Waals surface area contributed by atoms with E-state index in [1.807, 2.05) is 0 Å². The third-order valence-electron chi connectivity index (χ3n) is 4.52. The predicted octanol–water partition coefficient (Wildman–Crippen LogP) is 4.01. The van der Waals surface area contributed by atoms with E-state index in [1.54, 1.807) is 37.4 Å². The van der Waals surface area contributed by atoms with Crippen LogP contribution in [0.15, 0.2) is 48.5 Å². The fourth-order valence-electron chi connectivity index (χ4n) is 3.05. The van der Waals surface area contributed by atoms with Crippen LogP contribution in [0.25, 0.3) is 0 Å². The van der Waals surface area contributed by atoms with Crippen LogP contribution in [0.2, 0.25) is 0 Å². The maximum Gasteiger partial charge on any atom is 0.416 e. The highest BCUT2D eigenvalue weighted by atomic mass is 19.4. The average molecular weight is 379 g/mol. The van der Waals surface area contributed by atoms with E-state index in [2.05, 4.69) is 5.32 Å². The summed E-state index contributed by atoms with van der Waals surface area (Å²) in [6.07, 6.45) is -3.98. The van der Waals surface area contributed by atoms with E-state index >= 15 is 0 Å². The average Bonchev–Trinajstić information content (AvgIpc) is 3.46. The van der Waals surface area contributed by atoms with E-state index in [4.69, 9.17) is 9.47 Å². The minimum absolute atomic E-state index is 0.194. The van der Waals surface area contributed by atoms with E-state index in [1.165, 1.54) is 12.1 Å². The minimum Gasteiger partial charge on any atom is -0.497 e. The molecule has 144 valence electrons. The van der Waals surface area contributed by atoms with Gasteiger partial charge in [0, 0.05) is 5.92 Å². The van der Waals surface area contributed by atoms with Crippen molar-refractivity contribution < 1.29 is 27.4 Å². The number of carbonyl (C=O) groups is 1. The molecule has 1 N–H and O–H groups in total. The number of carbonyl (C=O) groups excluding carboxylic acids is 1. The summed E-state index contributed by atoms with van der Waals surface area (Å²) in [6.45, 7) is 0.559. The fourth-order valence-corrected chi connectivity index (χ4v) is 3.05. The Bertz CT molecular complexity index is 790. The van der Waals surface area contributed by atoms with Crippen molar-refractivity contribution in [3.8, 4) is 11.5 Å². The number of hydrogen-bond acceptors (Lipinski definition) is 3. The lowest BCUT2D eigenvalue weighted by atomic mass is 10.0. The van der Waals surface area contributed by atoms with E-state index in [9.17, 15) is 18.0 Å². The highest BCUT2D eigenvalue weighted by Gasteiger charge is 2.47. The number of ether oxygens (including phenoxy) is 2. The molecule has 0 bridgehead atoms. The van der Waals surface area contributed by atoms with Crippen molar-refractivity contribution in [3.05, 3.63) is 59.7 Å². The van der Waals surface area contributed by atoms with Crippen LogP contribution in [0.1, 0.15) is 23.5 Å². The number of hydrogen-bond donors (Lipinski definition) is 1. The first-order chi connectivity index (χ1) is 12.9. The molecule has 0 aromatic heterocycles. The molecule has 27 heavy (non-hydrogen) atoms. The van der Waals surface area contributed by atoms with Gasteiger partial charge in [0.25, 0.3) is 0 Å². The Morgan fingerprint density at radius 3 is 2.44 bits per heavy atom. The molecule has 2 unspecified atom stereocenters. The van der Waals surface area contributed by atoms with Gasteiger partial charge < -0.3 is 14.8 Å². The molecule has 1 saturated carbocycles. The summed E-state index contributed by atoms with van der Waals surface area (Å²) in [6, 6.07) is 12.5. The molecule has 2 aromatic rings. The molecule has 1 fully saturated rings. The van der Waals surface area contributed by atoms with E-state index in [0.29, 0.717) is 12.2 Å². The molecule has 0 saturated heterocycles. The van der Waals surface area contributed by atoms with Gasteiger partial charge in [0.2, 0.25) is 5.91 Å². The molecular formula is C20H20F3NO3. The highest BCUT2D eigenvalue weighted by Crippen LogP contribution is 2.50. The van der Waals surface area contributed by atoms with Crippen molar-refractivity contribution in [1.29, 1.82) is 0 Å². The van der Waals surface area contributed by atoms with Gasteiger partial charge in [-0.1, -0.05) is 18.2 Å². The molecule has 4 nitrogen and oxygen atoms in total. The van der Waals surface area contributed by atoms with Crippen LogP contribution in [0.5, 0.6) is 11.5 Å². The Hall–Kier alpha value is -2.70. The van der Waals surface area contributed by atoms with Crippen molar-refractivity contribution in [3.63, 3.8) is 0 Å². The van der Waals surface area contributed by atoms with Crippen molar-refractivity contribution in [2.24, 2.45) is 5.92 Å². The number of nitrogens with one attached hydrogen (secondary N) is 1. The zero-order valence-corrected chi connectivity index (χ0v) is 14.8. The molecule has 0 radical (unpaired) electrons. The summed E-state index contributed by atoms with van der Waals surface area (Å²) in [5.74, 6) is 0.318. The normalized spacial score (nSPS) is 18.7. The lowest BCUT2D eigenvalue weighted by molar-refractivity contribution is -0.138. The molecule has 7 heteroatoms. The topological polar surface area (TPSA) is 47.6 Å². The maximum absolute atomic E-state index is 13.1. The number of rotatable bonds is 7. The zero-order valence-electron chi connectivity index (χ0n) is 14.8. The quantitative estimate of drug-likeness (QED) is 0.740. The third-order valence-corrected chi connectivity index (χ3v) is 4.52. The minimum atomic E-state index is -4.41. The molecular weight excluding hydrogens is 359 g/mol. The van der Waals surface area contributed by atoms with Gasteiger partial charge in [0.05, 0.1) is 19.2 Å². The Morgan fingerprint density at radius 2 is 1.78 bits per heavy atom. The van der Waals surface area contributed by atoms with Gasteiger partial charge >= 0.3 is 6.18 Å². The van der Waals surface area contributed by atoms with Gasteiger partial charge in [-0.15, -0.1) is 0 Å². The van der Waals surface area contributed by atoms with Crippen molar-refractivity contribution >= 4 is 5.91 Å². The Kier molecular flexibility index (Phi) is 5.58. The Balaban J connectivity index is 1.47. The van der Waals surface area contributed by atoms with E-state index in [-0.39, 0.29) is 30.5 Å². The summed E-state index contributed by atoms with van der Waals surface area (Å²) < 4.78 is 49.9. The van der Waals surface area contributed by atoms with Crippen LogP contribution in [-0.4, -0.2) is 26.2 Å². The Morgan fingerprint density at radius 1 is 1.11 bits per heavy atom. The van der Waals surface area contributed by atoms with Crippen LogP contribution in [0, 0.1) is 5.92 Å². The van der Waals surface area contributed by atoms with E-state index in [0.717, 1.165) is 11.8 Å². The van der Waals surface area contributed by atoms with Crippen LogP contribution < -0.4 is 14.8 Å². The molecule has 0 aliphatic heterocycles. The van der Waals surface area contributed by atoms with E-state index < -0.39 is 17.7 Å². The zero-order chi connectivity index (χ0) is 19.4. The SMILES string of the molecule is COc1ccc(OCCNC(=O)C2CC2c2ccccc2C(F)(F)F)cc1. The molecule has 2 aromatic carbocycles. The van der Waals surface area contributed by atoms with Gasteiger partial charge in [-0.2, -0.15) is 13.2 Å². The van der Waals surface area contributed by atoms with Gasteiger partial charge in [-0.25, -0.2) is 0 Å². The molecule has 1 amide bonds. The van der Waals surface area contributed by atoms with Crippen LogP contribution >= 0.6 is 0 Å². The summed E-state index contributed by atoms with van der Waals surface area (Å²) in [7, 11) is 1.57. The summed E-state index contributed by atoms with van der Waals surface area (Å²) in [5, 5.41) is 2.73. The number of benzene rings is 2. The van der Waals surface area contributed by atoms with Crippen molar-refractivity contribution in [2.75, 3.05) is 20.3 Å². The van der Waals surface area contributed by atoms with Gasteiger partial charge in [-0.05, 0) is 48.2 Å². The predicted molar refractivity (Wildman–Crippen MR) is 93.8 cm³/mol. The van der Waals surface area contributed by atoms with Gasteiger partial charge in [0.1, 0.15) is 18.1 Å². The molecule has 0 heterocycles. The summed E-state index contributed by atoms with van der Waals surface area (Å²) in [5.41, 5.74) is -0.465. The second-order valence-electron chi connectivity index (χ2n) is 6.35. The molecule has 3 rings (SSSR count). The van der Waals surface area contributed by atoms with Crippen LogP contribution in [-0.2, 0) is 11.0 Å². The third kappa shape index (κ3) is 4.72. The molecule has 2 atom stereocenters. The standard InChI is InChI=1S/C20H20F3NO3/c1-26-13-6-8-14(9-7-13)27-11-10-24-19(25)17-12-16(17)15-4-2-3-5-18(15)20(21,22)23/h2-9,16-17H,10-12H2,1H3,(H,24,25). The molecule has 0 spiro atoms. The van der Waals surface area contributed by atoms with Gasteiger partial charge in [0.15, 0.2) is 0 Å². The van der Waals surface area contributed by atoms with Crippen LogP contribution in [0.3, 0.4) is 0 Å². The lowest BCUT2D eigenvalue weighted by Crippen LogP contribution is -2.29. The summed E-state index contributed by atoms with van der Waals surface area (Å²) in [4.78, 5) is 12.2. The first-order valence-electron chi connectivity index (χ1n) is 8.61. The molecule has 1 aliphatic rings. The van der Waals surface area contributed by atoms with Crippen molar-refractivity contribution in [2.45, 2.75) is 18.5 Å². The largest absolute Gasteiger partial charge is 0.497 e. The first kappa shape index (κ1) is 19.1. The van der Waals surface area contributed by atoms with Crippen molar-refractivity contribution in [1.82, 2.24) is 5.32 Å². The lowest BCUT2D eigenvalue weighted by Gasteiger charge is -2.12. The first-order valence-corrected chi connectivity index (χ1v) is 8.61. The number of methoxy groups -OCH3 is 1.